The second-order valence-electron chi connectivity index (χ2n) is 5.86. The van der Waals surface area contributed by atoms with Crippen LogP contribution in [0, 0.1) is 0 Å². The van der Waals surface area contributed by atoms with Gasteiger partial charge in [-0.2, -0.15) is 4.99 Å². The van der Waals surface area contributed by atoms with Crippen LogP contribution < -0.4 is 4.80 Å². The first kappa shape index (κ1) is 17.5. The Labute approximate surface area is 165 Å². The molecule has 27 heavy (non-hydrogen) atoms. The number of carbonyl (C=O) groups is 1. The van der Waals surface area contributed by atoms with Crippen LogP contribution in [-0.2, 0) is 0 Å². The molecule has 5 heteroatoms. The predicted octanol–water partition coefficient (Wildman–Crippen LogP) is 5.60. The fourth-order valence-electron chi connectivity index (χ4n) is 2.77. The van der Waals surface area contributed by atoms with Crippen LogP contribution in [-0.4, -0.2) is 10.5 Å². The van der Waals surface area contributed by atoms with Crippen LogP contribution in [0.4, 0.5) is 0 Å². The molecule has 0 radical (unpaired) electrons. The average molecular weight is 391 g/mol. The third-order valence-corrected chi connectivity index (χ3v) is 5.16. The molecule has 0 bridgehead atoms. The molecular weight excluding hydrogens is 376 g/mol. The number of nitrogens with zero attached hydrogens (tertiary/aromatic N) is 2. The van der Waals surface area contributed by atoms with Gasteiger partial charge in [0.2, 0.25) is 0 Å². The highest BCUT2D eigenvalue weighted by molar-refractivity contribution is 7.07. The van der Waals surface area contributed by atoms with Crippen molar-refractivity contribution in [2.24, 2.45) is 4.99 Å². The molecule has 4 rings (SSSR count). The Hall–Kier alpha value is -2.95. The van der Waals surface area contributed by atoms with E-state index in [1.54, 1.807) is 12.1 Å². The van der Waals surface area contributed by atoms with E-state index in [2.05, 4.69) is 4.99 Å². The number of aromatic nitrogens is 1. The zero-order valence-electron chi connectivity index (χ0n) is 14.2. The molecular formula is C22H15ClN2OS. The summed E-state index contributed by atoms with van der Waals surface area (Å²) in [6.07, 6.45) is 0. The monoisotopic (exact) mass is 390 g/mol. The number of benzene rings is 3. The number of thiazole rings is 1. The molecule has 3 aromatic carbocycles. The minimum absolute atomic E-state index is 0.259. The number of rotatable bonds is 3. The molecule has 4 aromatic rings. The quantitative estimate of drug-likeness (QED) is 0.448. The Kier molecular flexibility index (Phi) is 5.01. The van der Waals surface area contributed by atoms with Crippen molar-refractivity contribution in [2.45, 2.75) is 0 Å². The van der Waals surface area contributed by atoms with E-state index in [1.807, 2.05) is 82.7 Å². The molecule has 1 amide bonds. The van der Waals surface area contributed by atoms with Gasteiger partial charge in [0, 0.05) is 21.7 Å². The van der Waals surface area contributed by atoms with Crippen molar-refractivity contribution >= 4 is 28.8 Å². The number of halogens is 1. The SMILES string of the molecule is O=C(N=c1scc(-c2ccc(Cl)cc2)n1-c1ccccc1)c1ccccc1. The molecule has 0 unspecified atom stereocenters. The minimum Gasteiger partial charge on any atom is -0.285 e. The third-order valence-electron chi connectivity index (χ3n) is 4.08. The first-order chi connectivity index (χ1) is 13.2. The Morgan fingerprint density at radius 2 is 1.48 bits per heavy atom. The van der Waals surface area contributed by atoms with Crippen molar-refractivity contribution in [3.05, 3.63) is 106 Å². The van der Waals surface area contributed by atoms with Crippen molar-refractivity contribution in [1.82, 2.24) is 4.57 Å². The molecule has 0 saturated heterocycles. The molecule has 0 aliphatic rings. The lowest BCUT2D eigenvalue weighted by Gasteiger charge is -2.09. The maximum absolute atomic E-state index is 12.6. The van der Waals surface area contributed by atoms with Gasteiger partial charge in [0.25, 0.3) is 5.91 Å². The predicted molar refractivity (Wildman–Crippen MR) is 110 cm³/mol. The van der Waals surface area contributed by atoms with Gasteiger partial charge in [-0.25, -0.2) is 0 Å². The molecule has 0 aliphatic heterocycles. The van der Waals surface area contributed by atoms with Crippen LogP contribution >= 0.6 is 22.9 Å². The Morgan fingerprint density at radius 3 is 2.15 bits per heavy atom. The minimum atomic E-state index is -0.259. The van der Waals surface area contributed by atoms with Gasteiger partial charge in [0.15, 0.2) is 4.80 Å². The lowest BCUT2D eigenvalue weighted by molar-refractivity contribution is 0.0998. The van der Waals surface area contributed by atoms with E-state index in [-0.39, 0.29) is 5.91 Å². The average Bonchev–Trinajstić information content (AvgIpc) is 3.13. The van der Waals surface area contributed by atoms with Crippen molar-refractivity contribution in [1.29, 1.82) is 0 Å². The van der Waals surface area contributed by atoms with E-state index in [9.17, 15) is 4.79 Å². The van der Waals surface area contributed by atoms with E-state index in [1.165, 1.54) is 11.3 Å². The van der Waals surface area contributed by atoms with E-state index in [0.29, 0.717) is 15.4 Å². The van der Waals surface area contributed by atoms with Gasteiger partial charge in [0.1, 0.15) is 0 Å². The second kappa shape index (κ2) is 7.74. The summed E-state index contributed by atoms with van der Waals surface area (Å²) in [7, 11) is 0. The summed E-state index contributed by atoms with van der Waals surface area (Å²) in [6, 6.07) is 26.6. The maximum Gasteiger partial charge on any atom is 0.279 e. The molecule has 3 nitrogen and oxygen atoms in total. The molecule has 0 aliphatic carbocycles. The van der Waals surface area contributed by atoms with Crippen molar-refractivity contribution < 1.29 is 4.79 Å². The third kappa shape index (κ3) is 3.77. The van der Waals surface area contributed by atoms with Crippen LogP contribution in [0.15, 0.2) is 95.3 Å². The van der Waals surface area contributed by atoms with Crippen LogP contribution in [0.25, 0.3) is 16.9 Å². The molecule has 0 atom stereocenters. The number of para-hydroxylation sites is 1. The summed E-state index contributed by atoms with van der Waals surface area (Å²) in [5, 5.41) is 2.69. The van der Waals surface area contributed by atoms with Gasteiger partial charge in [-0.05, 0) is 42.0 Å². The maximum atomic E-state index is 12.6. The Morgan fingerprint density at radius 1 is 0.852 bits per heavy atom. The number of hydrogen-bond acceptors (Lipinski definition) is 2. The van der Waals surface area contributed by atoms with Gasteiger partial charge in [-0.1, -0.05) is 60.1 Å². The summed E-state index contributed by atoms with van der Waals surface area (Å²) >= 11 is 7.47. The standard InChI is InChI=1S/C22H15ClN2OS/c23-18-13-11-16(12-14-18)20-15-27-22(25(20)19-9-5-2-6-10-19)24-21(26)17-7-3-1-4-8-17/h1-15H. The largest absolute Gasteiger partial charge is 0.285 e. The van der Waals surface area contributed by atoms with Crippen LogP contribution in [0.2, 0.25) is 5.02 Å². The Balaban J connectivity index is 1.89. The first-order valence-electron chi connectivity index (χ1n) is 8.38. The summed E-state index contributed by atoms with van der Waals surface area (Å²) in [4.78, 5) is 17.6. The van der Waals surface area contributed by atoms with E-state index in [4.69, 9.17) is 11.6 Å². The van der Waals surface area contributed by atoms with Gasteiger partial charge >= 0.3 is 0 Å². The Bertz CT molecular complexity index is 1130. The topological polar surface area (TPSA) is 34.4 Å². The summed E-state index contributed by atoms with van der Waals surface area (Å²) in [5.41, 5.74) is 3.48. The highest BCUT2D eigenvalue weighted by Gasteiger charge is 2.12. The zero-order valence-corrected chi connectivity index (χ0v) is 15.8. The van der Waals surface area contributed by atoms with Gasteiger partial charge in [-0.15, -0.1) is 11.3 Å². The lowest BCUT2D eigenvalue weighted by Crippen LogP contribution is -2.16. The highest BCUT2D eigenvalue weighted by atomic mass is 35.5. The van der Waals surface area contributed by atoms with Crippen molar-refractivity contribution in [3.8, 4) is 16.9 Å². The summed E-state index contributed by atoms with van der Waals surface area (Å²) in [5.74, 6) is -0.259. The fourth-order valence-corrected chi connectivity index (χ4v) is 3.80. The molecule has 0 fully saturated rings. The van der Waals surface area contributed by atoms with E-state index < -0.39 is 0 Å². The fraction of sp³-hybridized carbons (Fsp3) is 0. The second-order valence-corrected chi connectivity index (χ2v) is 7.14. The summed E-state index contributed by atoms with van der Waals surface area (Å²) < 4.78 is 1.99. The molecule has 0 saturated carbocycles. The molecule has 132 valence electrons. The molecule has 0 N–H and O–H groups in total. The van der Waals surface area contributed by atoms with Crippen molar-refractivity contribution in [3.63, 3.8) is 0 Å². The zero-order chi connectivity index (χ0) is 18.6. The van der Waals surface area contributed by atoms with Crippen molar-refractivity contribution in [2.75, 3.05) is 0 Å². The van der Waals surface area contributed by atoms with Crippen LogP contribution in [0.5, 0.6) is 0 Å². The van der Waals surface area contributed by atoms with Gasteiger partial charge in [0.05, 0.1) is 5.69 Å². The number of carbonyl (C=O) groups excluding carboxylic acids is 1. The molecule has 0 spiro atoms. The van der Waals surface area contributed by atoms with Gasteiger partial charge < -0.3 is 0 Å². The van der Waals surface area contributed by atoms with E-state index in [0.717, 1.165) is 16.9 Å². The number of hydrogen-bond donors (Lipinski definition) is 0. The first-order valence-corrected chi connectivity index (χ1v) is 9.64. The molecule has 1 aromatic heterocycles. The smallest absolute Gasteiger partial charge is 0.279 e. The van der Waals surface area contributed by atoms with Crippen LogP contribution in [0.3, 0.4) is 0 Å². The van der Waals surface area contributed by atoms with E-state index >= 15 is 0 Å². The van der Waals surface area contributed by atoms with Gasteiger partial charge in [-0.3, -0.25) is 9.36 Å². The number of amides is 1. The summed E-state index contributed by atoms with van der Waals surface area (Å²) in [6.45, 7) is 0. The normalized spacial score (nSPS) is 11.5. The van der Waals surface area contributed by atoms with Crippen LogP contribution in [0.1, 0.15) is 10.4 Å². The lowest BCUT2D eigenvalue weighted by atomic mass is 10.1. The highest BCUT2D eigenvalue weighted by Crippen LogP contribution is 2.25. The molecule has 1 heterocycles.